The molecule has 1 heterocycles. The van der Waals surface area contributed by atoms with Gasteiger partial charge >= 0.3 is 0 Å². The van der Waals surface area contributed by atoms with Crippen LogP contribution < -0.4 is 14.8 Å². The SMILES string of the molecule is CNC(c1ccc(OC2CC2)cc1)c1cc(OC)ncn1. The molecule has 0 radical (unpaired) electrons. The quantitative estimate of drug-likeness (QED) is 0.883. The molecule has 1 aromatic heterocycles. The zero-order valence-electron chi connectivity index (χ0n) is 12.2. The van der Waals surface area contributed by atoms with Gasteiger partial charge in [-0.2, -0.15) is 0 Å². The normalized spacial score (nSPS) is 15.5. The minimum atomic E-state index is -0.00289. The Morgan fingerprint density at radius 1 is 1.19 bits per heavy atom. The summed E-state index contributed by atoms with van der Waals surface area (Å²) >= 11 is 0. The van der Waals surface area contributed by atoms with Crippen molar-refractivity contribution in [3.8, 4) is 11.6 Å². The lowest BCUT2D eigenvalue weighted by atomic mass is 10.0. The lowest BCUT2D eigenvalue weighted by molar-refractivity contribution is 0.303. The average molecular weight is 285 g/mol. The second-order valence-corrected chi connectivity index (χ2v) is 5.09. The minimum Gasteiger partial charge on any atom is -0.490 e. The van der Waals surface area contributed by atoms with Gasteiger partial charge in [-0.15, -0.1) is 0 Å². The summed E-state index contributed by atoms with van der Waals surface area (Å²) in [5, 5.41) is 3.27. The largest absolute Gasteiger partial charge is 0.490 e. The van der Waals surface area contributed by atoms with Crippen LogP contribution in [0.25, 0.3) is 0 Å². The van der Waals surface area contributed by atoms with Crippen molar-refractivity contribution in [1.82, 2.24) is 15.3 Å². The van der Waals surface area contributed by atoms with Crippen LogP contribution >= 0.6 is 0 Å². The molecule has 1 aromatic carbocycles. The van der Waals surface area contributed by atoms with Gasteiger partial charge in [-0.05, 0) is 37.6 Å². The minimum absolute atomic E-state index is 0.00289. The molecule has 1 saturated carbocycles. The molecule has 0 saturated heterocycles. The topological polar surface area (TPSA) is 56.3 Å². The van der Waals surface area contributed by atoms with E-state index in [9.17, 15) is 0 Å². The van der Waals surface area contributed by atoms with Gasteiger partial charge in [0.25, 0.3) is 0 Å². The lowest BCUT2D eigenvalue weighted by Crippen LogP contribution is -2.19. The smallest absolute Gasteiger partial charge is 0.216 e. The van der Waals surface area contributed by atoms with Crippen molar-refractivity contribution in [2.24, 2.45) is 0 Å². The van der Waals surface area contributed by atoms with Gasteiger partial charge in [-0.3, -0.25) is 0 Å². The van der Waals surface area contributed by atoms with E-state index in [0.29, 0.717) is 12.0 Å². The molecule has 0 amide bonds. The number of methoxy groups -OCH3 is 1. The van der Waals surface area contributed by atoms with E-state index in [1.807, 2.05) is 25.2 Å². The van der Waals surface area contributed by atoms with Gasteiger partial charge in [0.15, 0.2) is 0 Å². The maximum atomic E-state index is 5.77. The summed E-state index contributed by atoms with van der Waals surface area (Å²) in [4.78, 5) is 8.37. The molecular formula is C16H19N3O2. The first kappa shape index (κ1) is 13.8. The third kappa shape index (κ3) is 3.31. The maximum Gasteiger partial charge on any atom is 0.216 e. The third-order valence-electron chi connectivity index (χ3n) is 3.50. The van der Waals surface area contributed by atoms with Gasteiger partial charge < -0.3 is 14.8 Å². The Bertz CT molecular complexity index is 597. The molecule has 2 aromatic rings. The van der Waals surface area contributed by atoms with Crippen LogP contribution in [0.5, 0.6) is 11.6 Å². The van der Waals surface area contributed by atoms with Crippen molar-refractivity contribution >= 4 is 0 Å². The Morgan fingerprint density at radius 2 is 1.95 bits per heavy atom. The fourth-order valence-electron chi connectivity index (χ4n) is 2.23. The standard InChI is InChI=1S/C16H19N3O2/c1-17-16(14-9-15(20-2)19-10-18-14)11-3-5-12(6-4-11)21-13-7-8-13/h3-6,9-10,13,16-17H,7-8H2,1-2H3. The van der Waals surface area contributed by atoms with Crippen LogP contribution in [0.1, 0.15) is 30.1 Å². The van der Waals surface area contributed by atoms with Gasteiger partial charge in [0, 0.05) is 6.07 Å². The molecule has 0 spiro atoms. The molecule has 3 rings (SSSR count). The van der Waals surface area contributed by atoms with Crippen molar-refractivity contribution in [2.75, 3.05) is 14.2 Å². The van der Waals surface area contributed by atoms with Crippen LogP contribution in [0.2, 0.25) is 0 Å². The van der Waals surface area contributed by atoms with E-state index < -0.39 is 0 Å². The van der Waals surface area contributed by atoms with Gasteiger partial charge in [-0.25, -0.2) is 9.97 Å². The first-order valence-electron chi connectivity index (χ1n) is 7.10. The van der Waals surface area contributed by atoms with Crippen molar-refractivity contribution in [2.45, 2.75) is 25.0 Å². The summed E-state index contributed by atoms with van der Waals surface area (Å²) in [6.07, 6.45) is 4.27. The number of hydrogen-bond acceptors (Lipinski definition) is 5. The Hall–Kier alpha value is -2.14. The molecule has 1 fully saturated rings. The number of ether oxygens (including phenoxy) is 2. The molecule has 1 N–H and O–H groups in total. The number of nitrogens with one attached hydrogen (secondary N) is 1. The number of benzene rings is 1. The summed E-state index contributed by atoms with van der Waals surface area (Å²) in [7, 11) is 3.51. The molecule has 0 aliphatic heterocycles. The zero-order valence-corrected chi connectivity index (χ0v) is 12.2. The molecule has 0 bridgehead atoms. The van der Waals surface area contributed by atoms with Gasteiger partial charge in [0.1, 0.15) is 12.1 Å². The molecule has 1 atom stereocenters. The van der Waals surface area contributed by atoms with Crippen LogP contribution in [0.4, 0.5) is 0 Å². The summed E-state index contributed by atoms with van der Waals surface area (Å²) in [6.45, 7) is 0. The number of rotatable bonds is 6. The predicted octanol–water partition coefficient (Wildman–Crippen LogP) is 2.34. The molecule has 5 heteroatoms. The van der Waals surface area contributed by atoms with E-state index in [1.54, 1.807) is 7.11 Å². The highest BCUT2D eigenvalue weighted by atomic mass is 16.5. The summed E-state index contributed by atoms with van der Waals surface area (Å²) in [5.41, 5.74) is 2.00. The average Bonchev–Trinajstić information content (AvgIpc) is 3.34. The van der Waals surface area contributed by atoms with Gasteiger partial charge in [-0.1, -0.05) is 12.1 Å². The van der Waals surface area contributed by atoms with E-state index in [2.05, 4.69) is 27.4 Å². The lowest BCUT2D eigenvalue weighted by Gasteiger charge is -2.17. The first-order valence-corrected chi connectivity index (χ1v) is 7.10. The van der Waals surface area contributed by atoms with Crippen LogP contribution in [-0.2, 0) is 0 Å². The highest BCUT2D eigenvalue weighted by molar-refractivity contribution is 5.34. The van der Waals surface area contributed by atoms with Crippen LogP contribution in [-0.4, -0.2) is 30.2 Å². The summed E-state index contributed by atoms with van der Waals surface area (Å²) in [6, 6.07) is 9.99. The van der Waals surface area contributed by atoms with Crippen LogP contribution in [0.15, 0.2) is 36.7 Å². The van der Waals surface area contributed by atoms with Gasteiger partial charge in [0.2, 0.25) is 5.88 Å². The molecule has 1 aliphatic rings. The van der Waals surface area contributed by atoms with Crippen molar-refractivity contribution < 1.29 is 9.47 Å². The summed E-state index contributed by atoms with van der Waals surface area (Å²) in [5.74, 6) is 1.49. The molecule has 1 aliphatic carbocycles. The summed E-state index contributed by atoms with van der Waals surface area (Å²) < 4.78 is 10.9. The Morgan fingerprint density at radius 3 is 2.57 bits per heavy atom. The predicted molar refractivity (Wildman–Crippen MR) is 79.6 cm³/mol. The molecular weight excluding hydrogens is 266 g/mol. The highest BCUT2D eigenvalue weighted by Gasteiger charge is 2.23. The highest BCUT2D eigenvalue weighted by Crippen LogP contribution is 2.28. The Balaban J connectivity index is 1.80. The second-order valence-electron chi connectivity index (χ2n) is 5.09. The first-order chi connectivity index (χ1) is 10.3. The number of nitrogens with zero attached hydrogens (tertiary/aromatic N) is 2. The molecule has 110 valence electrons. The fraction of sp³-hybridized carbons (Fsp3) is 0.375. The van der Waals surface area contributed by atoms with E-state index in [1.165, 1.54) is 19.2 Å². The van der Waals surface area contributed by atoms with E-state index in [4.69, 9.17) is 9.47 Å². The van der Waals surface area contributed by atoms with E-state index >= 15 is 0 Å². The maximum absolute atomic E-state index is 5.77. The van der Waals surface area contributed by atoms with Crippen molar-refractivity contribution in [3.63, 3.8) is 0 Å². The van der Waals surface area contributed by atoms with E-state index in [0.717, 1.165) is 17.0 Å². The number of aromatic nitrogens is 2. The Kier molecular flexibility index (Phi) is 4.01. The van der Waals surface area contributed by atoms with Crippen molar-refractivity contribution in [1.29, 1.82) is 0 Å². The third-order valence-corrected chi connectivity index (χ3v) is 3.50. The molecule has 1 unspecified atom stereocenters. The van der Waals surface area contributed by atoms with Crippen LogP contribution in [0.3, 0.4) is 0 Å². The van der Waals surface area contributed by atoms with Crippen molar-refractivity contribution in [3.05, 3.63) is 47.9 Å². The van der Waals surface area contributed by atoms with Gasteiger partial charge in [0.05, 0.1) is 24.9 Å². The monoisotopic (exact) mass is 285 g/mol. The van der Waals surface area contributed by atoms with Crippen LogP contribution in [0, 0.1) is 0 Å². The second kappa shape index (κ2) is 6.10. The molecule has 21 heavy (non-hydrogen) atoms. The number of hydrogen-bond donors (Lipinski definition) is 1. The van der Waals surface area contributed by atoms with E-state index in [-0.39, 0.29) is 6.04 Å². The Labute approximate surface area is 124 Å². The molecule has 5 nitrogen and oxygen atoms in total. The zero-order chi connectivity index (χ0) is 14.7. The fourth-order valence-corrected chi connectivity index (χ4v) is 2.23.